The molecule has 2 aromatic carbocycles. The lowest BCUT2D eigenvalue weighted by Crippen LogP contribution is -2.22. The number of nitrogens with one attached hydrogen (secondary N) is 1. The van der Waals surface area contributed by atoms with E-state index in [1.807, 2.05) is 7.05 Å². The number of benzene rings is 2. The summed E-state index contributed by atoms with van der Waals surface area (Å²) >= 11 is 0. The second-order valence-electron chi connectivity index (χ2n) is 5.90. The van der Waals surface area contributed by atoms with E-state index in [1.165, 1.54) is 35.2 Å². The maximum atomic E-state index is 3.29. The Balaban J connectivity index is 1.81. The molecule has 0 bridgehead atoms. The number of anilines is 1. The summed E-state index contributed by atoms with van der Waals surface area (Å²) in [6.45, 7) is 4.35. The van der Waals surface area contributed by atoms with Crippen LogP contribution in [0.15, 0.2) is 48.5 Å². The molecule has 0 aliphatic carbocycles. The highest BCUT2D eigenvalue weighted by molar-refractivity contribution is 5.49. The molecule has 3 rings (SSSR count). The first-order valence-corrected chi connectivity index (χ1v) is 7.87. The first kappa shape index (κ1) is 14.2. The van der Waals surface area contributed by atoms with E-state index in [0.717, 1.165) is 13.1 Å². The van der Waals surface area contributed by atoms with Gasteiger partial charge in [-0.05, 0) is 55.6 Å². The molecule has 2 heteroatoms. The van der Waals surface area contributed by atoms with Gasteiger partial charge in [0.15, 0.2) is 0 Å². The Kier molecular flexibility index (Phi) is 4.26. The molecule has 0 aromatic heterocycles. The Hall–Kier alpha value is -1.80. The van der Waals surface area contributed by atoms with Gasteiger partial charge in [0.05, 0.1) is 0 Å². The van der Waals surface area contributed by atoms with E-state index in [4.69, 9.17) is 0 Å². The highest BCUT2D eigenvalue weighted by atomic mass is 15.1. The van der Waals surface area contributed by atoms with Gasteiger partial charge in [-0.2, -0.15) is 0 Å². The van der Waals surface area contributed by atoms with Crippen molar-refractivity contribution in [2.75, 3.05) is 18.5 Å². The average Bonchev–Trinajstić information content (AvgIpc) is 2.76. The SMILES string of the molecule is CNC(C)c1ccc(N2CCCc3ccccc3C2)cc1. The predicted octanol–water partition coefficient (Wildman–Crippen LogP) is 3.92. The van der Waals surface area contributed by atoms with Crippen LogP contribution < -0.4 is 10.2 Å². The third-order valence-electron chi connectivity index (χ3n) is 4.54. The second kappa shape index (κ2) is 6.31. The summed E-state index contributed by atoms with van der Waals surface area (Å²) in [5.74, 6) is 0. The van der Waals surface area contributed by atoms with Crippen molar-refractivity contribution in [3.8, 4) is 0 Å². The van der Waals surface area contributed by atoms with Crippen molar-refractivity contribution in [2.45, 2.75) is 32.4 Å². The summed E-state index contributed by atoms with van der Waals surface area (Å²) in [6.07, 6.45) is 2.42. The average molecular weight is 280 g/mol. The highest BCUT2D eigenvalue weighted by Crippen LogP contribution is 2.25. The van der Waals surface area contributed by atoms with Gasteiger partial charge in [0.1, 0.15) is 0 Å². The second-order valence-corrected chi connectivity index (χ2v) is 5.90. The minimum atomic E-state index is 0.406. The van der Waals surface area contributed by atoms with E-state index in [2.05, 4.69) is 65.7 Å². The number of hydrogen-bond donors (Lipinski definition) is 1. The van der Waals surface area contributed by atoms with E-state index >= 15 is 0 Å². The van der Waals surface area contributed by atoms with Crippen molar-refractivity contribution < 1.29 is 0 Å². The van der Waals surface area contributed by atoms with Crippen LogP contribution in [-0.4, -0.2) is 13.6 Å². The van der Waals surface area contributed by atoms with Crippen molar-refractivity contribution >= 4 is 5.69 Å². The Morgan fingerprint density at radius 2 is 1.71 bits per heavy atom. The van der Waals surface area contributed by atoms with Gasteiger partial charge in [-0.1, -0.05) is 36.4 Å². The third kappa shape index (κ3) is 3.11. The number of hydrogen-bond acceptors (Lipinski definition) is 2. The summed E-state index contributed by atoms with van der Waals surface area (Å²) in [6, 6.07) is 18.3. The van der Waals surface area contributed by atoms with Gasteiger partial charge in [0.25, 0.3) is 0 Å². The van der Waals surface area contributed by atoms with E-state index < -0.39 is 0 Å². The topological polar surface area (TPSA) is 15.3 Å². The Morgan fingerprint density at radius 1 is 1.00 bits per heavy atom. The molecule has 1 atom stereocenters. The van der Waals surface area contributed by atoms with E-state index in [1.54, 1.807) is 0 Å². The van der Waals surface area contributed by atoms with Gasteiger partial charge in [-0.15, -0.1) is 0 Å². The van der Waals surface area contributed by atoms with Gasteiger partial charge >= 0.3 is 0 Å². The van der Waals surface area contributed by atoms with Crippen molar-refractivity contribution in [1.82, 2.24) is 5.32 Å². The van der Waals surface area contributed by atoms with Crippen LogP contribution >= 0.6 is 0 Å². The molecule has 1 aliphatic heterocycles. The molecule has 0 saturated heterocycles. The molecule has 2 aromatic rings. The molecule has 0 spiro atoms. The molecule has 1 heterocycles. The molecular formula is C19H24N2. The van der Waals surface area contributed by atoms with Crippen LogP contribution in [0.25, 0.3) is 0 Å². The molecule has 1 aliphatic rings. The normalized spacial score (nSPS) is 16.2. The zero-order valence-electron chi connectivity index (χ0n) is 13.0. The number of nitrogens with zero attached hydrogens (tertiary/aromatic N) is 1. The molecule has 2 nitrogen and oxygen atoms in total. The molecule has 21 heavy (non-hydrogen) atoms. The maximum absolute atomic E-state index is 3.29. The van der Waals surface area contributed by atoms with E-state index in [9.17, 15) is 0 Å². The maximum Gasteiger partial charge on any atom is 0.0432 e. The lowest BCUT2D eigenvalue weighted by Gasteiger charge is -2.24. The summed E-state index contributed by atoms with van der Waals surface area (Å²) in [5, 5.41) is 3.29. The van der Waals surface area contributed by atoms with Crippen LogP contribution in [0.2, 0.25) is 0 Å². The zero-order valence-corrected chi connectivity index (χ0v) is 13.0. The zero-order chi connectivity index (χ0) is 14.7. The van der Waals surface area contributed by atoms with Gasteiger partial charge in [0.2, 0.25) is 0 Å². The molecule has 1 unspecified atom stereocenters. The monoisotopic (exact) mass is 280 g/mol. The molecule has 0 radical (unpaired) electrons. The lowest BCUT2D eigenvalue weighted by atomic mass is 10.0. The fourth-order valence-electron chi connectivity index (χ4n) is 3.06. The quantitative estimate of drug-likeness (QED) is 0.916. The summed E-state index contributed by atoms with van der Waals surface area (Å²) < 4.78 is 0. The van der Waals surface area contributed by atoms with E-state index in [-0.39, 0.29) is 0 Å². The molecule has 0 fully saturated rings. The summed E-state index contributed by atoms with van der Waals surface area (Å²) in [4.78, 5) is 2.50. The van der Waals surface area contributed by atoms with Crippen LogP contribution in [-0.2, 0) is 13.0 Å². The Bertz CT molecular complexity index is 589. The van der Waals surface area contributed by atoms with Gasteiger partial charge in [-0.3, -0.25) is 0 Å². The van der Waals surface area contributed by atoms with Gasteiger partial charge in [-0.25, -0.2) is 0 Å². The first-order valence-electron chi connectivity index (χ1n) is 7.87. The largest absolute Gasteiger partial charge is 0.367 e. The minimum Gasteiger partial charge on any atom is -0.367 e. The summed E-state index contributed by atoms with van der Waals surface area (Å²) in [7, 11) is 2.00. The standard InChI is InChI=1S/C19H24N2/c1-15(20-2)16-9-11-19(12-10-16)21-13-5-8-17-6-3-4-7-18(17)14-21/h3-4,6-7,9-12,15,20H,5,8,13-14H2,1-2H3. The number of aryl methyl sites for hydroxylation is 1. The van der Waals surface area contributed by atoms with Crippen molar-refractivity contribution in [3.05, 3.63) is 65.2 Å². The summed E-state index contributed by atoms with van der Waals surface area (Å²) in [5.41, 5.74) is 5.67. The smallest absolute Gasteiger partial charge is 0.0432 e. The predicted molar refractivity (Wildman–Crippen MR) is 89.7 cm³/mol. The first-order chi connectivity index (χ1) is 10.3. The van der Waals surface area contributed by atoms with Crippen molar-refractivity contribution in [2.24, 2.45) is 0 Å². The molecule has 110 valence electrons. The van der Waals surface area contributed by atoms with Crippen LogP contribution in [0.4, 0.5) is 5.69 Å². The minimum absolute atomic E-state index is 0.406. The lowest BCUT2D eigenvalue weighted by molar-refractivity contribution is 0.652. The molecule has 0 saturated carbocycles. The highest BCUT2D eigenvalue weighted by Gasteiger charge is 2.14. The van der Waals surface area contributed by atoms with Crippen LogP contribution in [0.1, 0.15) is 36.1 Å². The Labute approximate surface area is 127 Å². The third-order valence-corrected chi connectivity index (χ3v) is 4.54. The van der Waals surface area contributed by atoms with Crippen molar-refractivity contribution in [1.29, 1.82) is 0 Å². The molecule has 1 N–H and O–H groups in total. The van der Waals surface area contributed by atoms with Crippen LogP contribution in [0.5, 0.6) is 0 Å². The fraction of sp³-hybridized carbons (Fsp3) is 0.368. The van der Waals surface area contributed by atoms with E-state index in [0.29, 0.717) is 6.04 Å². The fourth-order valence-corrected chi connectivity index (χ4v) is 3.06. The van der Waals surface area contributed by atoms with Gasteiger partial charge < -0.3 is 10.2 Å². The van der Waals surface area contributed by atoms with Gasteiger partial charge in [0, 0.05) is 24.8 Å². The Morgan fingerprint density at radius 3 is 2.43 bits per heavy atom. The number of rotatable bonds is 3. The molecule has 0 amide bonds. The van der Waals surface area contributed by atoms with Crippen LogP contribution in [0.3, 0.4) is 0 Å². The molecular weight excluding hydrogens is 256 g/mol. The number of fused-ring (bicyclic) bond motifs is 1. The van der Waals surface area contributed by atoms with Crippen LogP contribution in [0, 0.1) is 0 Å². The van der Waals surface area contributed by atoms with Crippen molar-refractivity contribution in [3.63, 3.8) is 0 Å².